The largest absolute Gasteiger partial charge is 0.467 e. The van der Waals surface area contributed by atoms with E-state index in [2.05, 4.69) is 31.3 Å². The van der Waals surface area contributed by atoms with E-state index in [0.29, 0.717) is 0 Å². The number of alkyl carbamates (subject to hydrolysis) is 1. The van der Waals surface area contributed by atoms with Gasteiger partial charge in [0.05, 0.1) is 7.11 Å². The smallest absolute Gasteiger partial charge is 0.408 e. The van der Waals surface area contributed by atoms with Gasteiger partial charge in [0.25, 0.3) is 0 Å². The summed E-state index contributed by atoms with van der Waals surface area (Å²) in [7, 11) is 0.891. The van der Waals surface area contributed by atoms with Crippen LogP contribution in [0.25, 0.3) is 0 Å². The molecule has 6 N–H and O–H groups in total. The van der Waals surface area contributed by atoms with Crippen LogP contribution in [0.1, 0.15) is 74.8 Å². The van der Waals surface area contributed by atoms with E-state index in [-0.39, 0.29) is 6.61 Å². The van der Waals surface area contributed by atoms with Crippen molar-refractivity contribution in [1.29, 1.82) is 0 Å². The summed E-state index contributed by atoms with van der Waals surface area (Å²) in [4.78, 5) is 90.5. The van der Waals surface area contributed by atoms with E-state index in [4.69, 9.17) is 4.74 Å². The first-order valence-corrected chi connectivity index (χ1v) is 16.1. The van der Waals surface area contributed by atoms with Gasteiger partial charge in [-0.1, -0.05) is 44.2 Å². The monoisotopic (exact) mass is 726 g/mol. The number of carbonyl (C=O) groups excluding carboxylic acids is 7. The summed E-state index contributed by atoms with van der Waals surface area (Å²) in [5.74, 6) is -6.07. The minimum Gasteiger partial charge on any atom is -0.467 e. The van der Waals surface area contributed by atoms with Crippen LogP contribution < -0.4 is 31.9 Å². The number of methoxy groups -OCH3 is 1. The van der Waals surface area contributed by atoms with Gasteiger partial charge in [0.1, 0.15) is 48.2 Å². The Labute approximate surface area is 297 Å². The van der Waals surface area contributed by atoms with Crippen LogP contribution in [0.3, 0.4) is 0 Å². The Kier molecular flexibility index (Phi) is 15.1. The molecule has 0 aliphatic rings. The normalized spacial score (nSPS) is 12.9. The lowest BCUT2D eigenvalue weighted by Crippen LogP contribution is -2.69. The molecule has 1 rings (SSSR count). The van der Waals surface area contributed by atoms with Gasteiger partial charge < -0.3 is 41.4 Å². The summed E-state index contributed by atoms with van der Waals surface area (Å²) >= 11 is 0. The quantitative estimate of drug-likeness (QED) is 0.128. The number of halogens is 2. The molecule has 0 fully saturated rings. The van der Waals surface area contributed by atoms with Gasteiger partial charge in [-0.15, -0.1) is 0 Å². The van der Waals surface area contributed by atoms with E-state index >= 15 is 0 Å². The minimum atomic E-state index is -2.62. The lowest BCUT2D eigenvalue weighted by molar-refractivity contribution is -0.153. The third kappa shape index (κ3) is 12.2. The molecule has 1 atom stereocenters. The molecule has 15 nitrogen and oxygen atoms in total. The Balaban J connectivity index is 2.94. The number of alkyl halides is 2. The predicted octanol–water partition coefficient (Wildman–Crippen LogP) is 1.48. The van der Waals surface area contributed by atoms with Crippen molar-refractivity contribution in [3.63, 3.8) is 0 Å². The van der Waals surface area contributed by atoms with Crippen LogP contribution in [0.15, 0.2) is 30.3 Å². The van der Waals surface area contributed by atoms with Gasteiger partial charge in [-0.3, -0.25) is 24.0 Å². The van der Waals surface area contributed by atoms with E-state index < -0.39 is 94.6 Å². The van der Waals surface area contributed by atoms with Crippen molar-refractivity contribution in [3.05, 3.63) is 35.9 Å². The van der Waals surface area contributed by atoms with Crippen molar-refractivity contribution < 1.29 is 51.8 Å². The second-order valence-electron chi connectivity index (χ2n) is 14.6. The molecule has 0 aromatic heterocycles. The summed E-state index contributed by atoms with van der Waals surface area (Å²) in [5, 5.41) is 14.5. The topological polar surface area (TPSA) is 210 Å². The lowest BCUT2D eigenvalue weighted by Gasteiger charge is -2.37. The standard InChI is InChI=1S/C34H52F2N6O9/c1-20(2)22(37-29(49)51-17-21-15-13-12-14-16-21)23(43)38-30(3,4)24(44)39-31(5,6)25(45)40-32(7,8)26(46)41-33(9,10)27(47)42-34(18-35,19-36)28(48)50-11/h12-16,20,22H,17-19H2,1-11H3,(H,37,49)(H,38,43)(H,39,44)(H,40,45)(H,41,46)(H,42,47)/t22-/m0/s1. The molecule has 51 heavy (non-hydrogen) atoms. The number of hydrogen-bond acceptors (Lipinski definition) is 9. The van der Waals surface area contributed by atoms with Gasteiger partial charge in [-0.25, -0.2) is 18.4 Å². The second kappa shape index (κ2) is 17.4. The summed E-state index contributed by atoms with van der Waals surface area (Å²) in [6.07, 6.45) is -0.836. The molecule has 1 aromatic rings. The van der Waals surface area contributed by atoms with Gasteiger partial charge in [0.2, 0.25) is 29.5 Å². The fourth-order valence-corrected chi connectivity index (χ4v) is 4.19. The van der Waals surface area contributed by atoms with E-state index in [1.807, 2.05) is 11.4 Å². The Morgan fingerprint density at radius 1 is 0.647 bits per heavy atom. The average Bonchev–Trinajstić information content (AvgIpc) is 3.04. The van der Waals surface area contributed by atoms with Gasteiger partial charge in [0.15, 0.2) is 5.54 Å². The van der Waals surface area contributed by atoms with Gasteiger partial charge in [-0.2, -0.15) is 0 Å². The van der Waals surface area contributed by atoms with Crippen molar-refractivity contribution in [3.8, 4) is 0 Å². The van der Waals surface area contributed by atoms with Crippen molar-refractivity contribution in [2.45, 2.75) is 110 Å². The Hall–Kier alpha value is -4.83. The zero-order valence-corrected chi connectivity index (χ0v) is 31.1. The zero-order chi connectivity index (χ0) is 39.6. The Morgan fingerprint density at radius 2 is 1.04 bits per heavy atom. The van der Waals surface area contributed by atoms with Crippen LogP contribution >= 0.6 is 0 Å². The number of benzene rings is 1. The number of esters is 1. The molecule has 0 radical (unpaired) electrons. The highest BCUT2D eigenvalue weighted by Gasteiger charge is 2.47. The number of nitrogens with one attached hydrogen (secondary N) is 6. The maximum absolute atomic E-state index is 13.7. The SMILES string of the molecule is COC(=O)C(CF)(CF)NC(=O)C(C)(C)NC(=O)C(C)(C)NC(=O)C(C)(C)NC(=O)C(C)(C)NC(=O)[C@@H](NC(=O)OCc1ccccc1)C(C)C. The molecular weight excluding hydrogens is 674 g/mol. The second-order valence-corrected chi connectivity index (χ2v) is 14.6. The zero-order valence-electron chi connectivity index (χ0n) is 31.1. The molecule has 0 aliphatic carbocycles. The molecule has 0 saturated heterocycles. The van der Waals surface area contributed by atoms with Crippen LogP contribution in [0.2, 0.25) is 0 Å². The van der Waals surface area contributed by atoms with E-state index in [0.717, 1.165) is 12.7 Å². The number of amides is 6. The van der Waals surface area contributed by atoms with Crippen LogP contribution in [0, 0.1) is 5.92 Å². The highest BCUT2D eigenvalue weighted by atomic mass is 19.1. The van der Waals surface area contributed by atoms with Crippen molar-refractivity contribution in [2.75, 3.05) is 20.5 Å². The third-order valence-corrected chi connectivity index (χ3v) is 7.80. The molecular formula is C34H52F2N6O9. The van der Waals surface area contributed by atoms with E-state index in [1.165, 1.54) is 55.4 Å². The van der Waals surface area contributed by atoms with Crippen LogP contribution in [-0.4, -0.2) is 95.8 Å². The fraction of sp³-hybridized carbons (Fsp3) is 0.618. The van der Waals surface area contributed by atoms with Gasteiger partial charge in [-0.05, 0) is 66.9 Å². The molecule has 1 aromatic carbocycles. The van der Waals surface area contributed by atoms with Crippen LogP contribution in [0.4, 0.5) is 13.6 Å². The summed E-state index contributed by atoms with van der Waals surface area (Å²) in [6.45, 7) is 10.7. The van der Waals surface area contributed by atoms with E-state index in [1.54, 1.807) is 38.1 Å². The summed E-state index contributed by atoms with van der Waals surface area (Å²) in [5.41, 5.74) is -8.69. The number of carbonyl (C=O) groups is 7. The fourth-order valence-electron chi connectivity index (χ4n) is 4.19. The van der Waals surface area contributed by atoms with E-state index in [9.17, 15) is 42.3 Å². The minimum absolute atomic E-state index is 0.0195. The van der Waals surface area contributed by atoms with Crippen LogP contribution in [0.5, 0.6) is 0 Å². The first-order chi connectivity index (χ1) is 23.3. The lowest BCUT2D eigenvalue weighted by atomic mass is 9.94. The molecule has 0 bridgehead atoms. The Morgan fingerprint density at radius 3 is 1.41 bits per heavy atom. The maximum atomic E-state index is 13.7. The first kappa shape index (κ1) is 44.2. The molecule has 0 saturated carbocycles. The number of ether oxygens (including phenoxy) is 2. The average molecular weight is 727 g/mol. The van der Waals surface area contributed by atoms with Gasteiger partial charge in [0, 0.05) is 0 Å². The predicted molar refractivity (Wildman–Crippen MR) is 182 cm³/mol. The maximum Gasteiger partial charge on any atom is 0.408 e. The highest BCUT2D eigenvalue weighted by molar-refractivity contribution is 6.01. The van der Waals surface area contributed by atoms with Gasteiger partial charge >= 0.3 is 12.1 Å². The van der Waals surface area contributed by atoms with Crippen molar-refractivity contribution in [2.24, 2.45) is 5.92 Å². The van der Waals surface area contributed by atoms with Crippen molar-refractivity contribution >= 4 is 41.6 Å². The molecule has 0 unspecified atom stereocenters. The third-order valence-electron chi connectivity index (χ3n) is 7.80. The molecule has 17 heteroatoms. The number of rotatable bonds is 17. The molecule has 6 amide bonds. The highest BCUT2D eigenvalue weighted by Crippen LogP contribution is 2.17. The number of hydrogen-bond donors (Lipinski definition) is 6. The molecule has 0 aliphatic heterocycles. The molecule has 0 heterocycles. The Bertz CT molecular complexity index is 1440. The van der Waals surface area contributed by atoms with Crippen LogP contribution in [-0.2, 0) is 44.8 Å². The summed E-state index contributed by atoms with van der Waals surface area (Å²) in [6, 6.07) is 7.85. The summed E-state index contributed by atoms with van der Waals surface area (Å²) < 4.78 is 36.9. The van der Waals surface area contributed by atoms with Crippen molar-refractivity contribution in [1.82, 2.24) is 31.9 Å². The molecule has 286 valence electrons. The molecule has 0 spiro atoms. The first-order valence-electron chi connectivity index (χ1n) is 16.1.